The van der Waals surface area contributed by atoms with Gasteiger partial charge in [-0.1, -0.05) is 12.1 Å². The standard InChI is InChI=1S/C18H22N2O3/c1-13(2)20(12-14-7-6-10-19-11-14)18(21)15-8-5-9-16(22-3)17(15)23-4/h5-11,13H,12H2,1-4H3. The Hall–Kier alpha value is -2.56. The van der Waals surface area contributed by atoms with Crippen LogP contribution in [-0.2, 0) is 6.54 Å². The van der Waals surface area contributed by atoms with Gasteiger partial charge in [-0.25, -0.2) is 0 Å². The Labute approximate surface area is 136 Å². The number of pyridine rings is 1. The summed E-state index contributed by atoms with van der Waals surface area (Å²) < 4.78 is 10.7. The Morgan fingerprint density at radius 3 is 2.52 bits per heavy atom. The van der Waals surface area contributed by atoms with Gasteiger partial charge in [0, 0.05) is 25.0 Å². The van der Waals surface area contributed by atoms with Crippen molar-refractivity contribution in [2.24, 2.45) is 0 Å². The van der Waals surface area contributed by atoms with Crippen molar-refractivity contribution in [3.63, 3.8) is 0 Å². The minimum absolute atomic E-state index is 0.0404. The van der Waals surface area contributed by atoms with Crippen LogP contribution in [0.25, 0.3) is 0 Å². The van der Waals surface area contributed by atoms with Crippen LogP contribution in [0.1, 0.15) is 29.8 Å². The zero-order chi connectivity index (χ0) is 16.8. The maximum atomic E-state index is 13.0. The molecule has 0 aliphatic carbocycles. The SMILES string of the molecule is COc1cccc(C(=O)N(Cc2cccnc2)C(C)C)c1OC. The fourth-order valence-corrected chi connectivity index (χ4v) is 2.39. The second-order valence-corrected chi connectivity index (χ2v) is 5.43. The van der Waals surface area contributed by atoms with Gasteiger partial charge in [-0.05, 0) is 37.6 Å². The number of carbonyl (C=O) groups is 1. The van der Waals surface area contributed by atoms with Gasteiger partial charge in [-0.2, -0.15) is 0 Å². The second kappa shape index (κ2) is 7.63. The predicted molar refractivity (Wildman–Crippen MR) is 88.8 cm³/mol. The monoisotopic (exact) mass is 314 g/mol. The van der Waals surface area contributed by atoms with Gasteiger partial charge in [0.15, 0.2) is 11.5 Å². The van der Waals surface area contributed by atoms with E-state index < -0.39 is 0 Å². The van der Waals surface area contributed by atoms with E-state index in [4.69, 9.17) is 9.47 Å². The summed E-state index contributed by atoms with van der Waals surface area (Å²) >= 11 is 0. The van der Waals surface area contributed by atoms with E-state index in [0.29, 0.717) is 23.6 Å². The molecule has 2 aromatic rings. The van der Waals surface area contributed by atoms with Crippen molar-refractivity contribution < 1.29 is 14.3 Å². The highest BCUT2D eigenvalue weighted by Crippen LogP contribution is 2.32. The molecule has 0 bridgehead atoms. The number of hydrogen-bond donors (Lipinski definition) is 0. The maximum absolute atomic E-state index is 13.0. The molecule has 0 atom stereocenters. The number of hydrogen-bond acceptors (Lipinski definition) is 4. The molecule has 0 fully saturated rings. The molecule has 0 saturated heterocycles. The van der Waals surface area contributed by atoms with Gasteiger partial charge in [0.2, 0.25) is 0 Å². The summed E-state index contributed by atoms with van der Waals surface area (Å²) in [5.41, 5.74) is 1.47. The quantitative estimate of drug-likeness (QED) is 0.822. The number of rotatable bonds is 6. The number of para-hydroxylation sites is 1. The van der Waals surface area contributed by atoms with Crippen LogP contribution < -0.4 is 9.47 Å². The number of nitrogens with zero attached hydrogens (tertiary/aromatic N) is 2. The first-order chi connectivity index (χ1) is 11.1. The van der Waals surface area contributed by atoms with Gasteiger partial charge in [0.25, 0.3) is 5.91 Å². The molecule has 2 rings (SSSR count). The summed E-state index contributed by atoms with van der Waals surface area (Å²) in [5, 5.41) is 0. The van der Waals surface area contributed by atoms with Crippen molar-refractivity contribution in [2.75, 3.05) is 14.2 Å². The Balaban J connectivity index is 2.35. The van der Waals surface area contributed by atoms with Crippen molar-refractivity contribution in [3.8, 4) is 11.5 Å². The number of benzene rings is 1. The highest BCUT2D eigenvalue weighted by atomic mass is 16.5. The first-order valence-electron chi connectivity index (χ1n) is 7.49. The maximum Gasteiger partial charge on any atom is 0.258 e. The van der Waals surface area contributed by atoms with Crippen LogP contribution in [0.5, 0.6) is 11.5 Å². The van der Waals surface area contributed by atoms with Crippen molar-refractivity contribution in [1.29, 1.82) is 0 Å². The third kappa shape index (κ3) is 3.80. The lowest BCUT2D eigenvalue weighted by Gasteiger charge is -2.27. The van der Waals surface area contributed by atoms with Crippen LogP contribution in [0, 0.1) is 0 Å². The minimum atomic E-state index is -0.0976. The molecule has 1 heterocycles. The molecule has 5 nitrogen and oxygen atoms in total. The molecule has 0 N–H and O–H groups in total. The summed E-state index contributed by atoms with van der Waals surface area (Å²) in [6, 6.07) is 9.18. The van der Waals surface area contributed by atoms with Gasteiger partial charge in [-0.15, -0.1) is 0 Å². The third-order valence-corrected chi connectivity index (χ3v) is 3.59. The number of ether oxygens (including phenoxy) is 2. The van der Waals surface area contributed by atoms with Gasteiger partial charge >= 0.3 is 0 Å². The fourth-order valence-electron chi connectivity index (χ4n) is 2.39. The smallest absolute Gasteiger partial charge is 0.258 e. The molecule has 0 spiro atoms. The minimum Gasteiger partial charge on any atom is -0.493 e. The topological polar surface area (TPSA) is 51.7 Å². The zero-order valence-electron chi connectivity index (χ0n) is 13.9. The summed E-state index contributed by atoms with van der Waals surface area (Å²) in [6.45, 7) is 4.46. The molecule has 122 valence electrons. The molecule has 0 unspecified atom stereocenters. The molecule has 0 aliphatic heterocycles. The normalized spacial score (nSPS) is 10.5. The van der Waals surface area contributed by atoms with E-state index in [0.717, 1.165) is 5.56 Å². The van der Waals surface area contributed by atoms with Gasteiger partial charge in [0.05, 0.1) is 19.8 Å². The number of amides is 1. The highest BCUT2D eigenvalue weighted by molar-refractivity contribution is 5.98. The first-order valence-corrected chi connectivity index (χ1v) is 7.49. The zero-order valence-corrected chi connectivity index (χ0v) is 13.9. The lowest BCUT2D eigenvalue weighted by Crippen LogP contribution is -2.36. The first kappa shape index (κ1) is 16.8. The number of carbonyl (C=O) groups excluding carboxylic acids is 1. The Kier molecular flexibility index (Phi) is 5.57. The molecule has 5 heteroatoms. The summed E-state index contributed by atoms with van der Waals surface area (Å²) in [7, 11) is 3.09. The average Bonchev–Trinajstić information content (AvgIpc) is 2.58. The van der Waals surface area contributed by atoms with Crippen molar-refractivity contribution in [1.82, 2.24) is 9.88 Å². The molecular formula is C18H22N2O3. The third-order valence-electron chi connectivity index (χ3n) is 3.59. The van der Waals surface area contributed by atoms with Crippen LogP contribution in [-0.4, -0.2) is 36.1 Å². The molecule has 0 saturated carbocycles. The van der Waals surface area contributed by atoms with Crippen LogP contribution in [0.3, 0.4) is 0 Å². The van der Waals surface area contributed by atoms with Gasteiger partial charge < -0.3 is 14.4 Å². The largest absolute Gasteiger partial charge is 0.493 e. The predicted octanol–water partition coefficient (Wildman–Crippen LogP) is 3.15. The molecule has 0 aliphatic rings. The van der Waals surface area contributed by atoms with Crippen LogP contribution >= 0.6 is 0 Å². The van der Waals surface area contributed by atoms with E-state index >= 15 is 0 Å². The summed E-state index contributed by atoms with van der Waals surface area (Å²) in [4.78, 5) is 18.9. The van der Waals surface area contributed by atoms with Crippen molar-refractivity contribution >= 4 is 5.91 Å². The number of methoxy groups -OCH3 is 2. The van der Waals surface area contributed by atoms with Crippen LogP contribution in [0.4, 0.5) is 0 Å². The van der Waals surface area contributed by atoms with E-state index in [1.807, 2.05) is 26.0 Å². The van der Waals surface area contributed by atoms with E-state index in [1.165, 1.54) is 7.11 Å². The van der Waals surface area contributed by atoms with Crippen LogP contribution in [0.2, 0.25) is 0 Å². The van der Waals surface area contributed by atoms with E-state index in [-0.39, 0.29) is 11.9 Å². The molecule has 1 aromatic heterocycles. The summed E-state index contributed by atoms with van der Waals surface area (Å²) in [6.07, 6.45) is 3.49. The summed E-state index contributed by atoms with van der Waals surface area (Å²) in [5.74, 6) is 0.903. The average molecular weight is 314 g/mol. The Morgan fingerprint density at radius 1 is 1.17 bits per heavy atom. The van der Waals surface area contributed by atoms with E-state index in [2.05, 4.69) is 4.98 Å². The Bertz CT molecular complexity index is 657. The Morgan fingerprint density at radius 2 is 1.96 bits per heavy atom. The molecule has 0 radical (unpaired) electrons. The van der Waals surface area contributed by atoms with Crippen molar-refractivity contribution in [3.05, 3.63) is 53.9 Å². The van der Waals surface area contributed by atoms with Gasteiger partial charge in [-0.3, -0.25) is 9.78 Å². The second-order valence-electron chi connectivity index (χ2n) is 5.43. The number of aromatic nitrogens is 1. The lowest BCUT2D eigenvalue weighted by atomic mass is 10.1. The molecule has 1 aromatic carbocycles. The van der Waals surface area contributed by atoms with Crippen LogP contribution in [0.15, 0.2) is 42.7 Å². The van der Waals surface area contributed by atoms with E-state index in [1.54, 1.807) is 42.6 Å². The van der Waals surface area contributed by atoms with E-state index in [9.17, 15) is 4.79 Å². The molecular weight excluding hydrogens is 292 g/mol. The van der Waals surface area contributed by atoms with Gasteiger partial charge in [0.1, 0.15) is 0 Å². The molecule has 23 heavy (non-hydrogen) atoms. The van der Waals surface area contributed by atoms with Crippen molar-refractivity contribution in [2.45, 2.75) is 26.4 Å². The lowest BCUT2D eigenvalue weighted by molar-refractivity contribution is 0.0686. The molecule has 1 amide bonds. The highest BCUT2D eigenvalue weighted by Gasteiger charge is 2.24. The fraction of sp³-hybridized carbons (Fsp3) is 0.333.